The van der Waals surface area contributed by atoms with Gasteiger partial charge in [-0.2, -0.15) is 5.26 Å². The predicted molar refractivity (Wildman–Crippen MR) is 129 cm³/mol. The molecule has 1 aliphatic rings. The van der Waals surface area contributed by atoms with Crippen LogP contribution in [0, 0.1) is 11.3 Å². The quantitative estimate of drug-likeness (QED) is 0.424. The standard InChI is InChI=1S/C25H22ClN3O2S/c1-2-3-5-16-8-10-19(11-9-16)29-23(28-24(30)20(15-27)25(29)32)22-13-12-21(31-22)17-6-4-7-18(26)14-17/h4,6-14,23,32H,2-3,5H2,1H3,(H,28,30). The van der Waals surface area contributed by atoms with E-state index in [2.05, 4.69) is 37.0 Å². The summed E-state index contributed by atoms with van der Waals surface area (Å²) in [7, 11) is 0. The lowest BCUT2D eigenvalue weighted by Crippen LogP contribution is -2.45. The molecule has 1 N–H and O–H groups in total. The highest BCUT2D eigenvalue weighted by molar-refractivity contribution is 7.84. The Hall–Kier alpha value is -3.14. The number of benzene rings is 2. The maximum absolute atomic E-state index is 12.6. The zero-order chi connectivity index (χ0) is 22.7. The number of nitrogens with zero attached hydrogens (tertiary/aromatic N) is 2. The van der Waals surface area contributed by atoms with Gasteiger partial charge in [0.15, 0.2) is 6.17 Å². The van der Waals surface area contributed by atoms with Gasteiger partial charge < -0.3 is 14.6 Å². The summed E-state index contributed by atoms with van der Waals surface area (Å²) in [5.41, 5.74) is 2.83. The molecule has 2 aromatic carbocycles. The van der Waals surface area contributed by atoms with Gasteiger partial charge in [0.2, 0.25) is 0 Å². The third-order valence-electron chi connectivity index (χ3n) is 5.36. The second kappa shape index (κ2) is 9.56. The third-order valence-corrected chi connectivity index (χ3v) is 6.03. The number of nitriles is 1. The third kappa shape index (κ3) is 4.40. The lowest BCUT2D eigenvalue weighted by atomic mass is 10.1. The summed E-state index contributed by atoms with van der Waals surface area (Å²) in [4.78, 5) is 14.4. The predicted octanol–water partition coefficient (Wildman–Crippen LogP) is 6.24. The van der Waals surface area contributed by atoms with E-state index >= 15 is 0 Å². The molecule has 0 saturated carbocycles. The first-order valence-corrected chi connectivity index (χ1v) is 11.2. The van der Waals surface area contributed by atoms with Gasteiger partial charge in [0.05, 0.1) is 5.03 Å². The highest BCUT2D eigenvalue weighted by atomic mass is 35.5. The maximum Gasteiger partial charge on any atom is 0.266 e. The first-order chi connectivity index (χ1) is 15.5. The van der Waals surface area contributed by atoms with E-state index in [9.17, 15) is 10.1 Å². The fourth-order valence-electron chi connectivity index (χ4n) is 3.68. The Morgan fingerprint density at radius 1 is 1.19 bits per heavy atom. The molecule has 162 valence electrons. The Bertz CT molecular complexity index is 1210. The van der Waals surface area contributed by atoms with E-state index in [0.29, 0.717) is 16.5 Å². The molecule has 1 atom stereocenters. The van der Waals surface area contributed by atoms with E-state index in [1.54, 1.807) is 11.0 Å². The van der Waals surface area contributed by atoms with Crippen molar-refractivity contribution in [1.29, 1.82) is 5.26 Å². The number of carbonyl (C=O) groups is 1. The molecular formula is C25H22ClN3O2S. The van der Waals surface area contributed by atoms with Crippen LogP contribution in [0.1, 0.15) is 37.3 Å². The molecule has 1 unspecified atom stereocenters. The van der Waals surface area contributed by atoms with Crippen LogP contribution in [0.2, 0.25) is 5.02 Å². The summed E-state index contributed by atoms with van der Waals surface area (Å²) in [5, 5.41) is 13.3. The smallest absolute Gasteiger partial charge is 0.266 e. The fourth-order valence-corrected chi connectivity index (χ4v) is 4.25. The molecule has 0 bridgehead atoms. The summed E-state index contributed by atoms with van der Waals surface area (Å²) < 4.78 is 6.10. The molecule has 5 nitrogen and oxygen atoms in total. The fraction of sp³-hybridized carbons (Fsp3) is 0.200. The minimum absolute atomic E-state index is 0.0405. The Kier molecular flexibility index (Phi) is 6.59. The number of carbonyl (C=O) groups excluding carboxylic acids is 1. The van der Waals surface area contributed by atoms with Crippen molar-refractivity contribution in [3.05, 3.63) is 87.6 Å². The number of amides is 1. The first kappa shape index (κ1) is 22.1. The molecule has 0 radical (unpaired) electrons. The number of rotatable bonds is 6. The van der Waals surface area contributed by atoms with Gasteiger partial charge >= 0.3 is 0 Å². The van der Waals surface area contributed by atoms with Gasteiger partial charge in [0.25, 0.3) is 5.91 Å². The van der Waals surface area contributed by atoms with Crippen molar-refractivity contribution in [2.75, 3.05) is 4.90 Å². The average molecular weight is 464 g/mol. The average Bonchev–Trinajstić information content (AvgIpc) is 3.28. The largest absolute Gasteiger partial charge is 0.457 e. The van der Waals surface area contributed by atoms with E-state index in [1.807, 2.05) is 48.5 Å². The number of unbranched alkanes of at least 4 members (excludes halogenated alkanes) is 1. The molecule has 0 spiro atoms. The van der Waals surface area contributed by atoms with Crippen LogP contribution in [-0.2, 0) is 11.2 Å². The van der Waals surface area contributed by atoms with Crippen LogP contribution in [0.5, 0.6) is 0 Å². The summed E-state index contributed by atoms with van der Waals surface area (Å²) >= 11 is 10.7. The molecule has 1 amide bonds. The summed E-state index contributed by atoms with van der Waals surface area (Å²) in [6, 6.07) is 21.0. The van der Waals surface area contributed by atoms with Crippen molar-refractivity contribution in [1.82, 2.24) is 5.32 Å². The number of nitrogens with one attached hydrogen (secondary N) is 1. The van der Waals surface area contributed by atoms with Crippen molar-refractivity contribution in [2.24, 2.45) is 0 Å². The van der Waals surface area contributed by atoms with Crippen LogP contribution in [-0.4, -0.2) is 5.91 Å². The minimum atomic E-state index is -0.651. The van der Waals surface area contributed by atoms with Gasteiger partial charge in [-0.05, 0) is 54.8 Å². The molecule has 2 heterocycles. The molecular weight excluding hydrogens is 442 g/mol. The van der Waals surface area contributed by atoms with E-state index in [4.69, 9.17) is 16.0 Å². The van der Waals surface area contributed by atoms with Gasteiger partial charge in [-0.3, -0.25) is 4.79 Å². The van der Waals surface area contributed by atoms with Crippen LogP contribution in [0.3, 0.4) is 0 Å². The van der Waals surface area contributed by atoms with Gasteiger partial charge in [-0.25, -0.2) is 0 Å². The van der Waals surface area contributed by atoms with Gasteiger partial charge in [-0.1, -0.05) is 49.2 Å². The first-order valence-electron chi connectivity index (χ1n) is 10.4. The monoisotopic (exact) mass is 463 g/mol. The SMILES string of the molecule is CCCCc1ccc(N2C(S)=C(C#N)C(=O)NC2c2ccc(-c3cccc(Cl)c3)o2)cc1. The Morgan fingerprint density at radius 3 is 2.66 bits per heavy atom. The van der Waals surface area contributed by atoms with Gasteiger partial charge in [0, 0.05) is 16.3 Å². The zero-order valence-corrected chi connectivity index (χ0v) is 19.2. The minimum Gasteiger partial charge on any atom is -0.457 e. The summed E-state index contributed by atoms with van der Waals surface area (Å²) in [5.74, 6) is 0.660. The molecule has 1 aliphatic heterocycles. The lowest BCUT2D eigenvalue weighted by Gasteiger charge is -2.36. The second-order valence-electron chi connectivity index (χ2n) is 7.54. The van der Waals surface area contributed by atoms with E-state index in [0.717, 1.165) is 30.5 Å². The van der Waals surface area contributed by atoms with Crippen LogP contribution in [0.15, 0.2) is 75.7 Å². The van der Waals surface area contributed by atoms with E-state index in [-0.39, 0.29) is 10.6 Å². The number of hydrogen-bond donors (Lipinski definition) is 2. The second-order valence-corrected chi connectivity index (χ2v) is 8.40. The van der Waals surface area contributed by atoms with E-state index in [1.165, 1.54) is 5.56 Å². The van der Waals surface area contributed by atoms with Gasteiger partial charge in [0.1, 0.15) is 23.2 Å². The van der Waals surface area contributed by atoms with Crippen molar-refractivity contribution < 1.29 is 9.21 Å². The van der Waals surface area contributed by atoms with Crippen LogP contribution >= 0.6 is 24.2 Å². The Balaban J connectivity index is 1.72. The van der Waals surface area contributed by atoms with Crippen molar-refractivity contribution in [3.63, 3.8) is 0 Å². The molecule has 32 heavy (non-hydrogen) atoms. The normalized spacial score (nSPS) is 16.1. The van der Waals surface area contributed by atoms with Crippen molar-refractivity contribution >= 4 is 35.8 Å². The molecule has 4 rings (SSSR count). The number of hydrogen-bond acceptors (Lipinski definition) is 5. The van der Waals surface area contributed by atoms with E-state index < -0.39 is 12.1 Å². The Labute approximate surface area is 197 Å². The van der Waals surface area contributed by atoms with Crippen molar-refractivity contribution in [2.45, 2.75) is 32.4 Å². The maximum atomic E-state index is 12.6. The van der Waals surface area contributed by atoms with Gasteiger partial charge in [-0.15, -0.1) is 12.6 Å². The molecule has 1 aromatic heterocycles. The topological polar surface area (TPSA) is 69.3 Å². The number of anilines is 1. The van der Waals surface area contributed by atoms with Crippen molar-refractivity contribution in [3.8, 4) is 17.4 Å². The van der Waals surface area contributed by atoms with Crippen LogP contribution in [0.25, 0.3) is 11.3 Å². The summed E-state index contributed by atoms with van der Waals surface area (Å²) in [6.45, 7) is 2.16. The number of aryl methyl sites for hydroxylation is 1. The number of halogens is 1. The number of furan rings is 1. The number of thiol groups is 1. The van der Waals surface area contributed by atoms with Crippen LogP contribution < -0.4 is 10.2 Å². The summed E-state index contributed by atoms with van der Waals surface area (Å²) in [6.07, 6.45) is 2.60. The molecule has 0 saturated heterocycles. The van der Waals surface area contributed by atoms with Crippen LogP contribution in [0.4, 0.5) is 5.69 Å². The lowest BCUT2D eigenvalue weighted by molar-refractivity contribution is -0.118. The highest BCUT2D eigenvalue weighted by Crippen LogP contribution is 2.37. The molecule has 7 heteroatoms. The molecule has 3 aromatic rings. The highest BCUT2D eigenvalue weighted by Gasteiger charge is 2.35. The zero-order valence-electron chi connectivity index (χ0n) is 17.5. The molecule has 0 aliphatic carbocycles. The molecule has 0 fully saturated rings. The Morgan fingerprint density at radius 2 is 1.97 bits per heavy atom.